The number of aliphatic hydroxyl groups excluding tert-OH is 1. The maximum absolute atomic E-state index is 9.59. The van der Waals surface area contributed by atoms with Crippen molar-refractivity contribution < 1.29 is 9.84 Å². The summed E-state index contributed by atoms with van der Waals surface area (Å²) in [6.45, 7) is 3.95. The van der Waals surface area contributed by atoms with Crippen LogP contribution in [0.15, 0.2) is 18.2 Å². The van der Waals surface area contributed by atoms with E-state index in [1.165, 1.54) is 0 Å². The SMILES string of the molecule is CCCC(CO)Nc1nc(N)nc(C)c1Cc1ccc(C#N)cc1OC. The molecule has 0 radical (unpaired) electrons. The van der Waals surface area contributed by atoms with Crippen LogP contribution in [0.3, 0.4) is 0 Å². The fraction of sp³-hybridized carbons (Fsp3) is 0.421. The topological polar surface area (TPSA) is 117 Å². The minimum atomic E-state index is -0.102. The van der Waals surface area contributed by atoms with Crippen LogP contribution in [0.5, 0.6) is 5.75 Å². The molecule has 138 valence electrons. The second-order valence-corrected chi connectivity index (χ2v) is 6.12. The monoisotopic (exact) mass is 355 g/mol. The molecule has 7 nitrogen and oxygen atoms in total. The third-order valence-corrected chi connectivity index (χ3v) is 4.21. The Bertz CT molecular complexity index is 801. The summed E-state index contributed by atoms with van der Waals surface area (Å²) in [6.07, 6.45) is 2.28. The summed E-state index contributed by atoms with van der Waals surface area (Å²) in [5, 5.41) is 21.9. The number of hydrogen-bond donors (Lipinski definition) is 3. The predicted molar refractivity (Wildman–Crippen MR) is 101 cm³/mol. The van der Waals surface area contributed by atoms with Crippen molar-refractivity contribution in [1.29, 1.82) is 5.26 Å². The number of nitrogen functional groups attached to an aromatic ring is 1. The fourth-order valence-electron chi connectivity index (χ4n) is 2.85. The van der Waals surface area contributed by atoms with Crippen LogP contribution in [0.4, 0.5) is 11.8 Å². The number of nitrogens with one attached hydrogen (secondary N) is 1. The number of rotatable bonds is 8. The number of benzene rings is 1. The van der Waals surface area contributed by atoms with Crippen LogP contribution in [-0.4, -0.2) is 34.8 Å². The lowest BCUT2D eigenvalue weighted by Crippen LogP contribution is -2.25. The van der Waals surface area contributed by atoms with Crippen molar-refractivity contribution in [1.82, 2.24) is 9.97 Å². The summed E-state index contributed by atoms with van der Waals surface area (Å²) in [6, 6.07) is 7.34. The first-order valence-corrected chi connectivity index (χ1v) is 8.59. The molecule has 0 aliphatic rings. The molecule has 1 unspecified atom stereocenters. The van der Waals surface area contributed by atoms with E-state index in [4.69, 9.17) is 15.7 Å². The van der Waals surface area contributed by atoms with Crippen LogP contribution in [0.25, 0.3) is 0 Å². The summed E-state index contributed by atoms with van der Waals surface area (Å²) in [5.41, 5.74) is 8.93. The molecule has 1 aromatic carbocycles. The lowest BCUT2D eigenvalue weighted by molar-refractivity contribution is 0.268. The van der Waals surface area contributed by atoms with Crippen LogP contribution >= 0.6 is 0 Å². The third kappa shape index (κ3) is 4.61. The number of aryl methyl sites for hydroxylation is 1. The molecule has 0 bridgehead atoms. The van der Waals surface area contributed by atoms with Gasteiger partial charge in [-0.1, -0.05) is 19.4 Å². The molecular formula is C19H25N5O2. The minimum Gasteiger partial charge on any atom is -0.496 e. The Morgan fingerprint density at radius 3 is 2.77 bits per heavy atom. The smallest absolute Gasteiger partial charge is 0.222 e. The van der Waals surface area contributed by atoms with Gasteiger partial charge in [-0.2, -0.15) is 10.2 Å². The summed E-state index contributed by atoms with van der Waals surface area (Å²) in [5.74, 6) is 1.45. The minimum absolute atomic E-state index is 0.0103. The van der Waals surface area contributed by atoms with Gasteiger partial charge in [0.2, 0.25) is 5.95 Å². The van der Waals surface area contributed by atoms with Crippen LogP contribution in [-0.2, 0) is 6.42 Å². The van der Waals surface area contributed by atoms with Crippen LogP contribution in [0, 0.1) is 18.3 Å². The van der Waals surface area contributed by atoms with Crippen molar-refractivity contribution in [3.05, 3.63) is 40.6 Å². The molecule has 26 heavy (non-hydrogen) atoms. The maximum atomic E-state index is 9.59. The number of nitrogens with two attached hydrogens (primary N) is 1. The largest absolute Gasteiger partial charge is 0.496 e. The Morgan fingerprint density at radius 1 is 1.38 bits per heavy atom. The van der Waals surface area contributed by atoms with E-state index in [-0.39, 0.29) is 18.6 Å². The van der Waals surface area contributed by atoms with Crippen molar-refractivity contribution in [3.8, 4) is 11.8 Å². The van der Waals surface area contributed by atoms with E-state index >= 15 is 0 Å². The standard InChI is InChI=1S/C19H25N5O2/c1-4-5-15(11-25)23-18-16(12(2)22-19(21)24-18)9-14-7-6-13(10-20)8-17(14)26-3/h6-8,15,25H,4-5,9,11H2,1-3H3,(H3,21,22,23,24). The van der Waals surface area contributed by atoms with Crippen LogP contribution in [0.1, 0.15) is 42.1 Å². The highest BCUT2D eigenvalue weighted by Gasteiger charge is 2.17. The summed E-state index contributed by atoms with van der Waals surface area (Å²) >= 11 is 0. The van der Waals surface area contributed by atoms with Crippen molar-refractivity contribution in [2.24, 2.45) is 0 Å². The zero-order valence-corrected chi connectivity index (χ0v) is 15.4. The highest BCUT2D eigenvalue weighted by atomic mass is 16.5. The Kier molecular flexibility index (Phi) is 6.75. The van der Waals surface area contributed by atoms with Gasteiger partial charge in [0.05, 0.1) is 31.4 Å². The van der Waals surface area contributed by atoms with E-state index in [1.807, 2.05) is 13.0 Å². The highest BCUT2D eigenvalue weighted by Crippen LogP contribution is 2.28. The fourth-order valence-corrected chi connectivity index (χ4v) is 2.85. The molecular weight excluding hydrogens is 330 g/mol. The van der Waals surface area contributed by atoms with Gasteiger partial charge in [0.1, 0.15) is 11.6 Å². The summed E-state index contributed by atoms with van der Waals surface area (Å²) in [4.78, 5) is 8.61. The van der Waals surface area contributed by atoms with Gasteiger partial charge < -0.3 is 20.9 Å². The van der Waals surface area contributed by atoms with Gasteiger partial charge in [-0.05, 0) is 31.0 Å². The molecule has 1 aromatic heterocycles. The van der Waals surface area contributed by atoms with Gasteiger partial charge in [0, 0.05) is 17.7 Å². The molecule has 0 saturated carbocycles. The molecule has 2 rings (SSSR count). The number of hydrogen-bond acceptors (Lipinski definition) is 7. The molecule has 4 N–H and O–H groups in total. The maximum Gasteiger partial charge on any atom is 0.222 e. The van der Waals surface area contributed by atoms with Crippen molar-refractivity contribution in [2.45, 2.75) is 39.2 Å². The molecule has 1 atom stereocenters. The van der Waals surface area contributed by atoms with E-state index in [0.717, 1.165) is 29.7 Å². The third-order valence-electron chi connectivity index (χ3n) is 4.21. The van der Waals surface area contributed by atoms with Gasteiger partial charge in [-0.25, -0.2) is 4.98 Å². The Hall–Kier alpha value is -2.85. The number of aliphatic hydroxyl groups is 1. The molecule has 0 fully saturated rings. The molecule has 0 aliphatic heterocycles. The molecule has 1 heterocycles. The first kappa shape index (κ1) is 19.5. The lowest BCUT2D eigenvalue weighted by Gasteiger charge is -2.20. The van der Waals surface area contributed by atoms with Gasteiger partial charge in [0.25, 0.3) is 0 Å². The van der Waals surface area contributed by atoms with Gasteiger partial charge in [-0.15, -0.1) is 0 Å². The summed E-state index contributed by atoms with van der Waals surface area (Å²) in [7, 11) is 1.58. The molecule has 2 aromatic rings. The number of nitrogens with zero attached hydrogens (tertiary/aromatic N) is 3. The Labute approximate surface area is 153 Å². The zero-order chi connectivity index (χ0) is 19.1. The second kappa shape index (κ2) is 9.02. The summed E-state index contributed by atoms with van der Waals surface area (Å²) < 4.78 is 5.43. The molecule has 0 aliphatic carbocycles. The molecule has 0 saturated heterocycles. The van der Waals surface area contributed by atoms with Crippen molar-refractivity contribution in [3.63, 3.8) is 0 Å². The van der Waals surface area contributed by atoms with Crippen molar-refractivity contribution >= 4 is 11.8 Å². The number of nitriles is 1. The Balaban J connectivity index is 2.41. The van der Waals surface area contributed by atoms with E-state index in [0.29, 0.717) is 23.6 Å². The average Bonchev–Trinajstić information content (AvgIpc) is 2.64. The average molecular weight is 355 g/mol. The van der Waals surface area contributed by atoms with Gasteiger partial charge in [-0.3, -0.25) is 0 Å². The molecule has 0 spiro atoms. The van der Waals surface area contributed by atoms with E-state index in [1.54, 1.807) is 19.2 Å². The first-order valence-electron chi connectivity index (χ1n) is 8.59. The van der Waals surface area contributed by atoms with Crippen LogP contribution < -0.4 is 15.8 Å². The first-order chi connectivity index (χ1) is 12.5. The van der Waals surface area contributed by atoms with E-state index < -0.39 is 0 Å². The van der Waals surface area contributed by atoms with E-state index in [2.05, 4.69) is 28.3 Å². The van der Waals surface area contributed by atoms with Gasteiger partial charge >= 0.3 is 0 Å². The number of ether oxygens (including phenoxy) is 1. The zero-order valence-electron chi connectivity index (χ0n) is 15.4. The van der Waals surface area contributed by atoms with E-state index in [9.17, 15) is 5.11 Å². The highest BCUT2D eigenvalue weighted by molar-refractivity contribution is 5.54. The molecule has 7 heteroatoms. The predicted octanol–water partition coefficient (Wildman–Crippen LogP) is 2.41. The quantitative estimate of drug-likeness (QED) is 0.665. The number of aromatic nitrogens is 2. The van der Waals surface area contributed by atoms with Gasteiger partial charge in [0.15, 0.2) is 0 Å². The van der Waals surface area contributed by atoms with Crippen LogP contribution in [0.2, 0.25) is 0 Å². The molecule has 0 amide bonds. The number of methoxy groups -OCH3 is 1. The second-order valence-electron chi connectivity index (χ2n) is 6.12. The normalized spacial score (nSPS) is 11.7. The Morgan fingerprint density at radius 2 is 2.15 bits per heavy atom. The number of anilines is 2. The van der Waals surface area contributed by atoms with Crippen molar-refractivity contribution in [2.75, 3.05) is 24.8 Å². The lowest BCUT2D eigenvalue weighted by atomic mass is 10.0.